The second-order valence-electron chi connectivity index (χ2n) is 5.42. The number of aryl methyl sites for hydroxylation is 1. The molecule has 2 aromatic rings. The summed E-state index contributed by atoms with van der Waals surface area (Å²) < 4.78 is 0. The van der Waals surface area contributed by atoms with Crippen LogP contribution in [-0.2, 0) is 17.9 Å². The largest absolute Gasteiger partial charge is 0.381 e. The third-order valence-corrected chi connectivity index (χ3v) is 3.46. The summed E-state index contributed by atoms with van der Waals surface area (Å²) in [5.74, 6) is 0.0770. The number of carbonyl (C=O) groups is 1. The van der Waals surface area contributed by atoms with Gasteiger partial charge in [0.25, 0.3) is 0 Å². The van der Waals surface area contributed by atoms with E-state index in [1.807, 2.05) is 25.2 Å². The fourth-order valence-corrected chi connectivity index (χ4v) is 2.19. The highest BCUT2D eigenvalue weighted by Crippen LogP contribution is 2.14. The molecule has 21 heavy (non-hydrogen) atoms. The van der Waals surface area contributed by atoms with E-state index >= 15 is 0 Å². The first-order valence-corrected chi connectivity index (χ1v) is 7.14. The third kappa shape index (κ3) is 4.63. The van der Waals surface area contributed by atoms with Crippen molar-refractivity contribution >= 4 is 11.6 Å². The zero-order valence-corrected chi connectivity index (χ0v) is 12.9. The summed E-state index contributed by atoms with van der Waals surface area (Å²) in [7, 11) is 1.81. The quantitative estimate of drug-likeness (QED) is 0.909. The second-order valence-corrected chi connectivity index (χ2v) is 5.42. The van der Waals surface area contributed by atoms with Crippen molar-refractivity contribution in [1.29, 1.82) is 0 Å². The van der Waals surface area contributed by atoms with Gasteiger partial charge in [-0.2, -0.15) is 0 Å². The van der Waals surface area contributed by atoms with E-state index in [1.165, 1.54) is 11.1 Å². The lowest BCUT2D eigenvalue weighted by molar-refractivity contribution is -0.128. The Bertz CT molecular complexity index is 622. The highest BCUT2D eigenvalue weighted by molar-refractivity contribution is 5.72. The minimum atomic E-state index is 0.0770. The van der Waals surface area contributed by atoms with Gasteiger partial charge in [0.2, 0.25) is 5.91 Å². The van der Waals surface area contributed by atoms with Gasteiger partial charge in [0.1, 0.15) is 0 Å². The fraction of sp³-hybridized carbons (Fsp3) is 0.278. The van der Waals surface area contributed by atoms with Gasteiger partial charge in [-0.05, 0) is 30.2 Å². The number of rotatable bonds is 5. The van der Waals surface area contributed by atoms with E-state index in [2.05, 4.69) is 42.6 Å². The first-order valence-electron chi connectivity index (χ1n) is 7.14. The molecule has 0 saturated carbocycles. The molecule has 0 radical (unpaired) electrons. The van der Waals surface area contributed by atoms with E-state index in [9.17, 15) is 4.79 Å². The highest BCUT2D eigenvalue weighted by Gasteiger charge is 2.04. The van der Waals surface area contributed by atoms with E-state index in [1.54, 1.807) is 11.8 Å². The number of amides is 1. The molecule has 3 nitrogen and oxygen atoms in total. The number of hydrogen-bond donors (Lipinski definition) is 1. The molecule has 0 aliphatic carbocycles. The Labute approximate surface area is 126 Å². The van der Waals surface area contributed by atoms with Gasteiger partial charge in [-0.15, -0.1) is 0 Å². The van der Waals surface area contributed by atoms with E-state index in [4.69, 9.17) is 0 Å². The molecule has 2 rings (SSSR count). The number of benzene rings is 2. The molecule has 0 heterocycles. The first kappa shape index (κ1) is 15.1. The van der Waals surface area contributed by atoms with Crippen molar-refractivity contribution in [3.05, 3.63) is 65.2 Å². The second kappa shape index (κ2) is 6.93. The maximum atomic E-state index is 11.3. The Kier molecular flexibility index (Phi) is 4.99. The fourth-order valence-electron chi connectivity index (χ4n) is 2.19. The Morgan fingerprint density at radius 3 is 2.52 bits per heavy atom. The molecule has 2 aromatic carbocycles. The van der Waals surface area contributed by atoms with Gasteiger partial charge in [-0.3, -0.25) is 4.79 Å². The van der Waals surface area contributed by atoms with E-state index in [-0.39, 0.29) is 5.91 Å². The average molecular weight is 282 g/mol. The highest BCUT2D eigenvalue weighted by atomic mass is 16.2. The topological polar surface area (TPSA) is 32.3 Å². The van der Waals surface area contributed by atoms with E-state index < -0.39 is 0 Å². The van der Waals surface area contributed by atoms with Crippen LogP contribution in [0.3, 0.4) is 0 Å². The summed E-state index contributed by atoms with van der Waals surface area (Å²) in [5, 5.41) is 3.43. The van der Waals surface area contributed by atoms with Gasteiger partial charge in [-0.25, -0.2) is 0 Å². The zero-order valence-electron chi connectivity index (χ0n) is 12.9. The van der Waals surface area contributed by atoms with Crippen LogP contribution in [0.15, 0.2) is 48.5 Å². The lowest BCUT2D eigenvalue weighted by atomic mass is 10.1. The van der Waals surface area contributed by atoms with Gasteiger partial charge < -0.3 is 10.2 Å². The smallest absolute Gasteiger partial charge is 0.219 e. The van der Waals surface area contributed by atoms with Crippen molar-refractivity contribution in [2.45, 2.75) is 26.9 Å². The van der Waals surface area contributed by atoms with E-state index in [0.29, 0.717) is 6.54 Å². The number of carbonyl (C=O) groups excluding carboxylic acids is 1. The normalized spacial score (nSPS) is 10.2. The Hall–Kier alpha value is -2.29. The molecule has 0 unspecified atom stereocenters. The number of hydrogen-bond acceptors (Lipinski definition) is 2. The number of nitrogens with one attached hydrogen (secondary N) is 1. The van der Waals surface area contributed by atoms with Crippen LogP contribution in [0, 0.1) is 6.92 Å². The SMILES string of the molecule is CC(=O)N(C)Cc1cccc(NCc2cccc(C)c2)c1. The van der Waals surface area contributed by atoms with Gasteiger partial charge in [-0.1, -0.05) is 42.0 Å². The van der Waals surface area contributed by atoms with Crippen LogP contribution in [0.5, 0.6) is 0 Å². The average Bonchev–Trinajstić information content (AvgIpc) is 2.45. The molecule has 1 N–H and O–H groups in total. The van der Waals surface area contributed by atoms with Crippen molar-refractivity contribution in [2.24, 2.45) is 0 Å². The maximum Gasteiger partial charge on any atom is 0.219 e. The van der Waals surface area contributed by atoms with Crippen LogP contribution < -0.4 is 5.32 Å². The van der Waals surface area contributed by atoms with Gasteiger partial charge >= 0.3 is 0 Å². The van der Waals surface area contributed by atoms with Gasteiger partial charge in [0.05, 0.1) is 0 Å². The predicted molar refractivity (Wildman–Crippen MR) is 87.1 cm³/mol. The van der Waals surface area contributed by atoms with Crippen molar-refractivity contribution < 1.29 is 4.79 Å². The Morgan fingerprint density at radius 2 is 1.81 bits per heavy atom. The molecule has 0 atom stereocenters. The first-order chi connectivity index (χ1) is 10.0. The molecule has 0 saturated heterocycles. The van der Waals surface area contributed by atoms with Crippen LogP contribution in [-0.4, -0.2) is 17.9 Å². The van der Waals surface area contributed by atoms with Crippen molar-refractivity contribution in [3.63, 3.8) is 0 Å². The molecular formula is C18H22N2O. The van der Waals surface area contributed by atoms with Crippen LogP contribution in [0.2, 0.25) is 0 Å². The van der Waals surface area contributed by atoms with E-state index in [0.717, 1.165) is 17.8 Å². The van der Waals surface area contributed by atoms with Crippen LogP contribution >= 0.6 is 0 Å². The zero-order chi connectivity index (χ0) is 15.2. The third-order valence-electron chi connectivity index (χ3n) is 3.46. The summed E-state index contributed by atoms with van der Waals surface area (Å²) in [6.07, 6.45) is 0. The van der Waals surface area contributed by atoms with Crippen LogP contribution in [0.1, 0.15) is 23.6 Å². The maximum absolute atomic E-state index is 11.3. The van der Waals surface area contributed by atoms with Gasteiger partial charge in [0, 0.05) is 32.7 Å². The summed E-state index contributed by atoms with van der Waals surface area (Å²) in [6, 6.07) is 16.7. The molecule has 0 spiro atoms. The van der Waals surface area contributed by atoms with Crippen LogP contribution in [0.4, 0.5) is 5.69 Å². The monoisotopic (exact) mass is 282 g/mol. The number of nitrogens with zero attached hydrogens (tertiary/aromatic N) is 1. The standard InChI is InChI=1S/C18H22N2O/c1-14-6-4-7-16(10-14)12-19-18-9-5-8-17(11-18)13-20(3)15(2)21/h4-11,19H,12-13H2,1-3H3. The minimum Gasteiger partial charge on any atom is -0.381 e. The lowest BCUT2D eigenvalue weighted by Crippen LogP contribution is -2.22. The molecule has 0 aromatic heterocycles. The predicted octanol–water partition coefficient (Wildman–Crippen LogP) is 3.59. The van der Waals surface area contributed by atoms with Crippen molar-refractivity contribution in [2.75, 3.05) is 12.4 Å². The molecule has 0 aliphatic heterocycles. The summed E-state index contributed by atoms with van der Waals surface area (Å²) in [4.78, 5) is 13.0. The summed E-state index contributed by atoms with van der Waals surface area (Å²) in [5.41, 5.74) is 4.74. The molecule has 1 amide bonds. The van der Waals surface area contributed by atoms with Crippen molar-refractivity contribution in [1.82, 2.24) is 4.90 Å². The Morgan fingerprint density at radius 1 is 1.10 bits per heavy atom. The summed E-state index contributed by atoms with van der Waals surface area (Å²) >= 11 is 0. The molecule has 110 valence electrons. The molecule has 0 aliphatic rings. The summed E-state index contributed by atoms with van der Waals surface area (Å²) in [6.45, 7) is 5.12. The lowest BCUT2D eigenvalue weighted by Gasteiger charge is -2.15. The minimum absolute atomic E-state index is 0.0770. The van der Waals surface area contributed by atoms with Gasteiger partial charge in [0.15, 0.2) is 0 Å². The molecule has 3 heteroatoms. The van der Waals surface area contributed by atoms with Crippen molar-refractivity contribution in [3.8, 4) is 0 Å². The Balaban J connectivity index is 1.99. The molecular weight excluding hydrogens is 260 g/mol. The molecule has 0 bridgehead atoms. The number of anilines is 1. The molecule has 0 fully saturated rings. The van der Waals surface area contributed by atoms with Crippen LogP contribution in [0.25, 0.3) is 0 Å².